The van der Waals surface area contributed by atoms with Crippen molar-refractivity contribution in [3.63, 3.8) is 0 Å². The van der Waals surface area contributed by atoms with E-state index in [1.54, 1.807) is 0 Å². The number of hydrogen-bond acceptors (Lipinski definition) is 5. The molecule has 7 nitrogen and oxygen atoms in total. The maximum Gasteiger partial charge on any atom is 0.274 e. The summed E-state index contributed by atoms with van der Waals surface area (Å²) in [5, 5.41) is 13.8. The van der Waals surface area contributed by atoms with Crippen molar-refractivity contribution >= 4 is 18.1 Å². The summed E-state index contributed by atoms with van der Waals surface area (Å²) in [6, 6.07) is 0.429. The molecule has 1 fully saturated rings. The second-order valence-corrected chi connectivity index (χ2v) is 6.26. The van der Waals surface area contributed by atoms with Gasteiger partial charge in [-0.15, -0.1) is 0 Å². The third-order valence-corrected chi connectivity index (χ3v) is 4.55. The molecular weight excluding hydrogens is 302 g/mol. The van der Waals surface area contributed by atoms with Crippen molar-refractivity contribution in [3.8, 4) is 0 Å². The number of amides is 1. The van der Waals surface area contributed by atoms with Gasteiger partial charge >= 0.3 is 0 Å². The molecule has 2 N–H and O–H groups in total. The van der Waals surface area contributed by atoms with Gasteiger partial charge in [0.15, 0.2) is 16.3 Å². The fourth-order valence-electron chi connectivity index (χ4n) is 2.98. The van der Waals surface area contributed by atoms with Gasteiger partial charge in [-0.1, -0.05) is 5.16 Å². The zero-order valence-corrected chi connectivity index (χ0v) is 12.9. The average molecular weight is 319 g/mol. The SMILES string of the molecule is O=C(NCc1n[nH]c(=S)n1C1CC1)c1noc2c1CCCC2. The Balaban J connectivity index is 1.49. The molecule has 0 spiro atoms. The maximum absolute atomic E-state index is 12.3. The van der Waals surface area contributed by atoms with Gasteiger partial charge in [-0.05, 0) is 44.3 Å². The van der Waals surface area contributed by atoms with Crippen molar-refractivity contribution in [1.29, 1.82) is 0 Å². The number of hydrogen-bond donors (Lipinski definition) is 2. The van der Waals surface area contributed by atoms with Crippen LogP contribution in [0.4, 0.5) is 0 Å². The Bertz CT molecular complexity index is 771. The van der Waals surface area contributed by atoms with Gasteiger partial charge in [0.1, 0.15) is 5.76 Å². The molecule has 0 bridgehead atoms. The third kappa shape index (κ3) is 2.37. The van der Waals surface area contributed by atoms with Crippen molar-refractivity contribution < 1.29 is 9.32 Å². The van der Waals surface area contributed by atoms with Gasteiger partial charge in [0.2, 0.25) is 0 Å². The summed E-state index contributed by atoms with van der Waals surface area (Å²) in [5.74, 6) is 1.42. The van der Waals surface area contributed by atoms with Crippen LogP contribution in [-0.2, 0) is 19.4 Å². The molecule has 4 rings (SSSR count). The minimum absolute atomic E-state index is 0.205. The topological polar surface area (TPSA) is 88.7 Å². The molecule has 2 aromatic heterocycles. The number of aromatic amines is 1. The van der Waals surface area contributed by atoms with Gasteiger partial charge in [0.05, 0.1) is 6.54 Å². The largest absolute Gasteiger partial charge is 0.360 e. The molecule has 2 aliphatic rings. The van der Waals surface area contributed by atoms with Crippen molar-refractivity contribution in [3.05, 3.63) is 27.6 Å². The molecule has 0 saturated heterocycles. The number of H-pyrrole nitrogens is 1. The Kier molecular flexibility index (Phi) is 3.33. The number of fused-ring (bicyclic) bond motifs is 1. The maximum atomic E-state index is 12.3. The molecule has 0 atom stereocenters. The normalized spacial score (nSPS) is 17.3. The summed E-state index contributed by atoms with van der Waals surface area (Å²) in [6.07, 6.45) is 6.14. The summed E-state index contributed by atoms with van der Waals surface area (Å²) in [4.78, 5) is 12.3. The van der Waals surface area contributed by atoms with Gasteiger partial charge in [0.25, 0.3) is 5.91 Å². The van der Waals surface area contributed by atoms with Crippen LogP contribution in [0.5, 0.6) is 0 Å². The molecule has 8 heteroatoms. The predicted molar refractivity (Wildman–Crippen MR) is 80.0 cm³/mol. The van der Waals surface area contributed by atoms with E-state index in [4.69, 9.17) is 16.7 Å². The quantitative estimate of drug-likeness (QED) is 0.842. The van der Waals surface area contributed by atoms with Crippen molar-refractivity contribution in [1.82, 2.24) is 25.2 Å². The molecule has 0 aromatic carbocycles. The molecule has 2 aliphatic carbocycles. The highest BCUT2D eigenvalue weighted by molar-refractivity contribution is 7.71. The van der Waals surface area contributed by atoms with E-state index in [0.717, 1.165) is 55.7 Å². The molecule has 0 aliphatic heterocycles. The van der Waals surface area contributed by atoms with E-state index >= 15 is 0 Å². The van der Waals surface area contributed by atoms with Gasteiger partial charge in [-0.2, -0.15) is 5.10 Å². The Morgan fingerprint density at radius 3 is 3.05 bits per heavy atom. The zero-order chi connectivity index (χ0) is 15.1. The lowest BCUT2D eigenvalue weighted by atomic mass is 9.96. The second kappa shape index (κ2) is 5.35. The van der Waals surface area contributed by atoms with Crippen LogP contribution in [0.15, 0.2) is 4.52 Å². The van der Waals surface area contributed by atoms with E-state index in [1.807, 2.05) is 4.57 Å². The van der Waals surface area contributed by atoms with Crippen LogP contribution in [-0.4, -0.2) is 25.8 Å². The van der Waals surface area contributed by atoms with E-state index in [0.29, 0.717) is 23.1 Å². The van der Waals surface area contributed by atoms with Gasteiger partial charge in [-0.3, -0.25) is 14.5 Å². The van der Waals surface area contributed by atoms with Crippen LogP contribution < -0.4 is 5.32 Å². The Morgan fingerprint density at radius 2 is 2.23 bits per heavy atom. The van der Waals surface area contributed by atoms with E-state index in [-0.39, 0.29) is 5.91 Å². The zero-order valence-electron chi connectivity index (χ0n) is 12.1. The number of nitrogens with one attached hydrogen (secondary N) is 2. The van der Waals surface area contributed by atoms with Crippen LogP contribution in [0.25, 0.3) is 0 Å². The van der Waals surface area contributed by atoms with Crippen LogP contribution >= 0.6 is 12.2 Å². The van der Waals surface area contributed by atoms with Crippen LogP contribution in [0.2, 0.25) is 0 Å². The molecule has 2 aromatic rings. The summed E-state index contributed by atoms with van der Waals surface area (Å²) in [6.45, 7) is 0.337. The fraction of sp³-hybridized carbons (Fsp3) is 0.571. The lowest BCUT2D eigenvalue weighted by molar-refractivity contribution is 0.0939. The number of nitrogens with zero attached hydrogens (tertiary/aromatic N) is 3. The molecule has 1 amide bonds. The lowest BCUT2D eigenvalue weighted by Crippen LogP contribution is -2.26. The van der Waals surface area contributed by atoms with E-state index in [2.05, 4.69) is 20.7 Å². The highest BCUT2D eigenvalue weighted by atomic mass is 32.1. The first-order valence-electron chi connectivity index (χ1n) is 7.65. The monoisotopic (exact) mass is 319 g/mol. The second-order valence-electron chi connectivity index (χ2n) is 5.87. The molecule has 116 valence electrons. The number of aryl methyl sites for hydroxylation is 1. The van der Waals surface area contributed by atoms with E-state index in [1.165, 1.54) is 0 Å². The third-order valence-electron chi connectivity index (χ3n) is 4.26. The van der Waals surface area contributed by atoms with Gasteiger partial charge in [0, 0.05) is 18.0 Å². The average Bonchev–Trinajstić information content (AvgIpc) is 3.16. The number of carbonyl (C=O) groups excluding carboxylic acids is 1. The molecule has 22 heavy (non-hydrogen) atoms. The fourth-order valence-corrected chi connectivity index (χ4v) is 3.28. The highest BCUT2D eigenvalue weighted by Crippen LogP contribution is 2.35. The Labute approximate surface area is 132 Å². The van der Waals surface area contributed by atoms with Crippen LogP contribution in [0.3, 0.4) is 0 Å². The molecule has 1 saturated carbocycles. The van der Waals surface area contributed by atoms with Crippen molar-refractivity contribution in [2.45, 2.75) is 51.1 Å². The van der Waals surface area contributed by atoms with E-state index in [9.17, 15) is 4.79 Å². The summed E-state index contributed by atoms with van der Waals surface area (Å²) < 4.78 is 7.89. The lowest BCUT2D eigenvalue weighted by Gasteiger charge is -2.09. The van der Waals surface area contributed by atoms with Gasteiger partial charge < -0.3 is 9.84 Å². The number of aromatic nitrogens is 4. The molecular formula is C14H17N5O2S. The Morgan fingerprint density at radius 1 is 1.41 bits per heavy atom. The minimum atomic E-state index is -0.205. The first-order chi connectivity index (χ1) is 10.7. The summed E-state index contributed by atoms with van der Waals surface area (Å²) >= 11 is 5.23. The Hall–Kier alpha value is -1.96. The first kappa shape index (κ1) is 13.7. The van der Waals surface area contributed by atoms with Crippen molar-refractivity contribution in [2.24, 2.45) is 0 Å². The summed E-state index contributed by atoms with van der Waals surface area (Å²) in [7, 11) is 0. The predicted octanol–water partition coefficient (Wildman–Crippen LogP) is 2.07. The number of rotatable bonds is 4. The smallest absolute Gasteiger partial charge is 0.274 e. The minimum Gasteiger partial charge on any atom is -0.360 e. The van der Waals surface area contributed by atoms with Crippen LogP contribution in [0.1, 0.15) is 59.4 Å². The van der Waals surface area contributed by atoms with Crippen LogP contribution in [0, 0.1) is 4.77 Å². The number of carbonyl (C=O) groups is 1. The standard InChI is InChI=1S/C14H17N5O2S/c20-13(12-9-3-1-2-4-10(9)21-18-12)15-7-11-16-17-14(22)19(11)8-5-6-8/h8H,1-7H2,(H,15,20)(H,17,22). The van der Waals surface area contributed by atoms with Gasteiger partial charge in [-0.25, -0.2) is 0 Å². The molecule has 0 radical (unpaired) electrons. The highest BCUT2D eigenvalue weighted by Gasteiger charge is 2.28. The van der Waals surface area contributed by atoms with Crippen molar-refractivity contribution in [2.75, 3.05) is 0 Å². The molecule has 0 unspecified atom stereocenters. The molecule has 2 heterocycles. The summed E-state index contributed by atoms with van der Waals surface area (Å²) in [5.41, 5.74) is 1.38. The van der Waals surface area contributed by atoms with E-state index < -0.39 is 0 Å². The first-order valence-corrected chi connectivity index (χ1v) is 8.06.